The van der Waals surface area contributed by atoms with E-state index in [9.17, 15) is 4.79 Å². The van der Waals surface area contributed by atoms with E-state index in [1.165, 1.54) is 0 Å². The van der Waals surface area contributed by atoms with Gasteiger partial charge in [0.2, 0.25) is 0 Å². The normalized spacial score (nSPS) is 10.6. The van der Waals surface area contributed by atoms with Crippen LogP contribution in [0, 0.1) is 0 Å². The van der Waals surface area contributed by atoms with Crippen LogP contribution in [0.15, 0.2) is 52.0 Å². The van der Waals surface area contributed by atoms with Crippen LogP contribution in [0.5, 0.6) is 11.5 Å². The highest BCUT2D eigenvalue weighted by molar-refractivity contribution is 9.10. The van der Waals surface area contributed by atoms with Crippen molar-refractivity contribution >= 4 is 28.1 Å². The minimum absolute atomic E-state index is 0.290. The number of halogens is 1. The maximum absolute atomic E-state index is 12.1. The van der Waals surface area contributed by atoms with Gasteiger partial charge >= 0.3 is 0 Å². The molecule has 2 aromatic carbocycles. The van der Waals surface area contributed by atoms with Gasteiger partial charge in [0.1, 0.15) is 11.5 Å². The van der Waals surface area contributed by atoms with Gasteiger partial charge in [0, 0.05) is 15.6 Å². The topological polar surface area (TPSA) is 59.9 Å². The van der Waals surface area contributed by atoms with Crippen molar-refractivity contribution < 1.29 is 14.3 Å². The first-order chi connectivity index (χ1) is 11.6. The van der Waals surface area contributed by atoms with Crippen LogP contribution in [0.3, 0.4) is 0 Å². The Morgan fingerprint density at radius 2 is 1.83 bits per heavy atom. The molecule has 0 radical (unpaired) electrons. The lowest BCUT2D eigenvalue weighted by molar-refractivity contribution is 0.0955. The van der Waals surface area contributed by atoms with Gasteiger partial charge in [-0.15, -0.1) is 0 Å². The molecule has 126 valence electrons. The van der Waals surface area contributed by atoms with Gasteiger partial charge in [-0.2, -0.15) is 5.10 Å². The summed E-state index contributed by atoms with van der Waals surface area (Å²) in [5.41, 5.74) is 3.79. The molecule has 5 nitrogen and oxygen atoms in total. The Bertz CT molecular complexity index is 715. The molecule has 0 atom stereocenters. The molecule has 0 aliphatic carbocycles. The Morgan fingerprint density at radius 3 is 2.50 bits per heavy atom. The van der Waals surface area contributed by atoms with Crippen molar-refractivity contribution in [1.29, 1.82) is 0 Å². The third-order valence-corrected chi connectivity index (χ3v) is 3.56. The molecular weight excluding hydrogens is 372 g/mol. The number of carbonyl (C=O) groups excluding carboxylic acids is 1. The van der Waals surface area contributed by atoms with Crippen LogP contribution in [0.4, 0.5) is 0 Å². The van der Waals surface area contributed by atoms with Gasteiger partial charge in [-0.25, -0.2) is 5.43 Å². The highest BCUT2D eigenvalue weighted by atomic mass is 79.9. The van der Waals surface area contributed by atoms with Crippen LogP contribution in [-0.2, 0) is 0 Å². The summed E-state index contributed by atoms with van der Waals surface area (Å²) in [5.74, 6) is 1.15. The minimum Gasteiger partial charge on any atom is -0.494 e. The number of nitrogens with one attached hydrogen (secondary N) is 1. The maximum atomic E-state index is 12.1. The van der Waals surface area contributed by atoms with Crippen LogP contribution in [0.25, 0.3) is 0 Å². The van der Waals surface area contributed by atoms with Crippen LogP contribution in [0.2, 0.25) is 0 Å². The van der Waals surface area contributed by atoms with Crippen LogP contribution >= 0.6 is 15.9 Å². The third-order valence-electron chi connectivity index (χ3n) is 3.07. The largest absolute Gasteiger partial charge is 0.494 e. The Hall–Kier alpha value is -2.34. The highest BCUT2D eigenvalue weighted by Gasteiger charge is 2.05. The van der Waals surface area contributed by atoms with E-state index in [4.69, 9.17) is 9.47 Å². The zero-order valence-electron chi connectivity index (χ0n) is 13.6. The van der Waals surface area contributed by atoms with Gasteiger partial charge in [-0.05, 0) is 56.3 Å². The zero-order valence-corrected chi connectivity index (χ0v) is 15.2. The second kappa shape index (κ2) is 9.08. The average Bonchev–Trinajstić information content (AvgIpc) is 2.58. The van der Waals surface area contributed by atoms with Crippen molar-refractivity contribution in [3.8, 4) is 11.5 Å². The molecule has 0 fully saturated rings. The average molecular weight is 391 g/mol. The molecule has 0 unspecified atom stereocenters. The quantitative estimate of drug-likeness (QED) is 0.573. The van der Waals surface area contributed by atoms with E-state index >= 15 is 0 Å². The van der Waals surface area contributed by atoms with Crippen molar-refractivity contribution in [2.45, 2.75) is 13.8 Å². The first-order valence-corrected chi connectivity index (χ1v) is 8.42. The SMILES string of the molecule is CCOc1ccc(C(=O)N/N=C/c2cc(Br)ccc2OCC)cc1. The van der Waals surface area contributed by atoms with E-state index < -0.39 is 0 Å². The summed E-state index contributed by atoms with van der Waals surface area (Å²) < 4.78 is 11.8. The van der Waals surface area contributed by atoms with Crippen LogP contribution < -0.4 is 14.9 Å². The molecule has 24 heavy (non-hydrogen) atoms. The molecule has 0 aliphatic heterocycles. The van der Waals surface area contributed by atoms with Gasteiger partial charge < -0.3 is 9.47 Å². The number of ether oxygens (including phenoxy) is 2. The molecule has 1 N–H and O–H groups in total. The lowest BCUT2D eigenvalue weighted by Gasteiger charge is -2.07. The smallest absolute Gasteiger partial charge is 0.271 e. The van der Waals surface area contributed by atoms with E-state index in [1.54, 1.807) is 30.5 Å². The highest BCUT2D eigenvalue weighted by Crippen LogP contribution is 2.21. The summed E-state index contributed by atoms with van der Waals surface area (Å²) in [7, 11) is 0. The summed E-state index contributed by atoms with van der Waals surface area (Å²) in [6, 6.07) is 12.5. The van der Waals surface area contributed by atoms with E-state index in [1.807, 2.05) is 32.0 Å². The number of rotatable bonds is 7. The number of hydrazone groups is 1. The Kier molecular flexibility index (Phi) is 6.81. The Morgan fingerprint density at radius 1 is 1.12 bits per heavy atom. The zero-order chi connectivity index (χ0) is 17.4. The fourth-order valence-corrected chi connectivity index (χ4v) is 2.38. The van der Waals surface area contributed by atoms with Crippen molar-refractivity contribution in [3.05, 3.63) is 58.1 Å². The second-order valence-corrected chi connectivity index (χ2v) is 5.69. The van der Waals surface area contributed by atoms with E-state index in [-0.39, 0.29) is 5.91 Å². The summed E-state index contributed by atoms with van der Waals surface area (Å²) >= 11 is 3.41. The third kappa shape index (κ3) is 5.09. The number of carbonyl (C=O) groups is 1. The van der Waals surface area contributed by atoms with E-state index in [0.717, 1.165) is 15.8 Å². The monoisotopic (exact) mass is 390 g/mol. The fraction of sp³-hybridized carbons (Fsp3) is 0.222. The standard InChI is InChI=1S/C18H19BrN2O3/c1-3-23-16-8-5-13(6-9-16)18(22)21-20-12-14-11-15(19)7-10-17(14)24-4-2/h5-12H,3-4H2,1-2H3,(H,21,22)/b20-12+. The van der Waals surface area contributed by atoms with E-state index in [0.29, 0.717) is 24.5 Å². The fourth-order valence-electron chi connectivity index (χ4n) is 2.00. The molecule has 2 aromatic rings. The second-order valence-electron chi connectivity index (χ2n) is 4.77. The first-order valence-electron chi connectivity index (χ1n) is 7.62. The summed E-state index contributed by atoms with van der Waals surface area (Å²) in [6.07, 6.45) is 1.56. The van der Waals surface area contributed by atoms with Gasteiger partial charge in [0.15, 0.2) is 0 Å². The van der Waals surface area contributed by atoms with Crippen molar-refractivity contribution in [2.75, 3.05) is 13.2 Å². The lowest BCUT2D eigenvalue weighted by atomic mass is 10.2. The molecule has 0 saturated heterocycles. The molecule has 0 heterocycles. The number of hydrogen-bond donors (Lipinski definition) is 1. The molecular formula is C18H19BrN2O3. The van der Waals surface area contributed by atoms with E-state index in [2.05, 4.69) is 26.5 Å². The molecule has 2 rings (SSSR count). The predicted octanol–water partition coefficient (Wildman–Crippen LogP) is 4.01. The molecule has 0 saturated carbocycles. The lowest BCUT2D eigenvalue weighted by Crippen LogP contribution is -2.17. The van der Waals surface area contributed by atoms with Gasteiger partial charge in [-0.1, -0.05) is 15.9 Å². The van der Waals surface area contributed by atoms with Crippen molar-refractivity contribution in [3.63, 3.8) is 0 Å². The van der Waals surface area contributed by atoms with Gasteiger partial charge in [-0.3, -0.25) is 4.79 Å². The molecule has 0 bridgehead atoms. The Balaban J connectivity index is 2.03. The van der Waals surface area contributed by atoms with Gasteiger partial charge in [0.05, 0.1) is 19.4 Å². The maximum Gasteiger partial charge on any atom is 0.271 e. The van der Waals surface area contributed by atoms with Crippen molar-refractivity contribution in [2.24, 2.45) is 5.10 Å². The van der Waals surface area contributed by atoms with Crippen LogP contribution in [-0.4, -0.2) is 25.3 Å². The summed E-state index contributed by atoms with van der Waals surface area (Å²) in [5, 5.41) is 4.00. The molecule has 1 amide bonds. The number of benzene rings is 2. The summed E-state index contributed by atoms with van der Waals surface area (Å²) in [6.45, 7) is 4.97. The van der Waals surface area contributed by atoms with Crippen LogP contribution in [0.1, 0.15) is 29.8 Å². The Labute approximate surface area is 149 Å². The molecule has 0 spiro atoms. The minimum atomic E-state index is -0.290. The number of hydrogen-bond acceptors (Lipinski definition) is 4. The molecule has 0 aliphatic rings. The van der Waals surface area contributed by atoms with Gasteiger partial charge in [0.25, 0.3) is 5.91 Å². The van der Waals surface area contributed by atoms with Crippen molar-refractivity contribution in [1.82, 2.24) is 5.43 Å². The first kappa shape index (κ1) is 18.0. The molecule has 6 heteroatoms. The predicted molar refractivity (Wildman–Crippen MR) is 98.0 cm³/mol. The number of amides is 1. The number of nitrogens with zero attached hydrogens (tertiary/aromatic N) is 1. The summed E-state index contributed by atoms with van der Waals surface area (Å²) in [4.78, 5) is 12.1. The molecule has 0 aromatic heterocycles.